The average Bonchev–Trinajstić information content (AvgIpc) is 3.30. The van der Waals surface area contributed by atoms with Crippen LogP contribution < -0.4 is 9.64 Å². The number of hydrogen-bond donors (Lipinski definition) is 1. The number of hydrogen-bond acceptors (Lipinski definition) is 7. The molecule has 8 rings (SSSR count). The first kappa shape index (κ1) is 27.4. The molecule has 4 fully saturated rings. The van der Waals surface area contributed by atoms with Crippen LogP contribution in [0, 0.1) is 24.0 Å². The quantitative estimate of drug-likeness (QED) is 0.271. The molecule has 0 amide bonds. The van der Waals surface area contributed by atoms with Gasteiger partial charge >= 0.3 is 6.01 Å². The zero-order valence-corrected chi connectivity index (χ0v) is 24.2. The molecule has 0 saturated carbocycles. The maximum Gasteiger partial charge on any atom is 0.319 e. The normalized spacial score (nSPS) is 26.4. The Morgan fingerprint density at radius 1 is 1.11 bits per heavy atom. The number of fused-ring (bicyclic) bond motifs is 5. The first-order valence-electron chi connectivity index (χ1n) is 15.4. The summed E-state index contributed by atoms with van der Waals surface area (Å²) in [4.78, 5) is 18.3. The lowest BCUT2D eigenvalue weighted by atomic mass is 9.91. The van der Waals surface area contributed by atoms with E-state index in [4.69, 9.17) is 16.1 Å². The third kappa shape index (κ3) is 4.20. The van der Waals surface area contributed by atoms with Crippen molar-refractivity contribution in [3.8, 4) is 35.4 Å². The fraction of sp³-hybridized carbons (Fsp3) is 0.441. The molecule has 2 aromatic heterocycles. The van der Waals surface area contributed by atoms with Gasteiger partial charge in [0.15, 0.2) is 5.82 Å². The molecule has 0 radical (unpaired) electrons. The van der Waals surface area contributed by atoms with Gasteiger partial charge in [0.1, 0.15) is 41.4 Å². The number of anilines is 1. The molecule has 1 N–H and O–H groups in total. The van der Waals surface area contributed by atoms with Gasteiger partial charge in [0.25, 0.3) is 0 Å². The second-order valence-electron chi connectivity index (χ2n) is 12.8. The summed E-state index contributed by atoms with van der Waals surface area (Å²) in [5.41, 5.74) is -0.398. The lowest BCUT2D eigenvalue weighted by Gasteiger charge is -2.48. The fourth-order valence-electron chi connectivity index (χ4n) is 8.19. The predicted octanol–water partition coefficient (Wildman–Crippen LogP) is 6.29. The van der Waals surface area contributed by atoms with Gasteiger partial charge in [0.05, 0.1) is 16.5 Å². The van der Waals surface area contributed by atoms with Crippen molar-refractivity contribution in [2.24, 2.45) is 0 Å². The molecule has 2 aromatic carbocycles. The highest BCUT2D eigenvalue weighted by Crippen LogP contribution is 2.45. The Kier molecular flexibility index (Phi) is 6.38. The molecule has 6 heterocycles. The lowest BCUT2D eigenvalue weighted by molar-refractivity contribution is 0.107. The molecule has 4 aromatic rings. The Labute approximate surface area is 253 Å². The highest BCUT2D eigenvalue weighted by molar-refractivity contribution is 6.03. The zero-order valence-electron chi connectivity index (χ0n) is 24.2. The van der Waals surface area contributed by atoms with Crippen LogP contribution in [0.15, 0.2) is 30.5 Å². The van der Waals surface area contributed by atoms with Crippen LogP contribution in [0.5, 0.6) is 11.8 Å². The minimum Gasteiger partial charge on any atom is -0.508 e. The van der Waals surface area contributed by atoms with Crippen molar-refractivity contribution in [1.29, 1.82) is 0 Å². The molecule has 44 heavy (non-hydrogen) atoms. The number of aromatic nitrogens is 3. The van der Waals surface area contributed by atoms with Gasteiger partial charge < -0.3 is 14.7 Å². The summed E-state index contributed by atoms with van der Waals surface area (Å²) in [6.45, 7) is 1.44. The standard InChI is InChI=1S/C34H32F3N5O2/c1-2-24-27(36)9-8-19-12-23(43)14-25(28(19)24)30-29(37)31-26(16-38-30)32(42-21-6-3-4-7-22(42)13-21)40-33(39-31)44-18-34-10-5-11-41(34)17-20(35)15-34/h1,8-9,12,14,16,20-22,43H,3-7,10-11,13,15,17-18H2/t20-,21?,22?,34+/m1/s1. The van der Waals surface area contributed by atoms with Crippen LogP contribution in [0.1, 0.15) is 56.9 Å². The number of nitrogens with zero attached hydrogens (tertiary/aromatic N) is 5. The molecule has 2 bridgehead atoms. The molecule has 10 heteroatoms. The Morgan fingerprint density at radius 2 is 1.93 bits per heavy atom. The first-order valence-corrected chi connectivity index (χ1v) is 15.4. The number of benzene rings is 2. The smallest absolute Gasteiger partial charge is 0.319 e. The number of terminal acetylenes is 1. The Morgan fingerprint density at radius 3 is 2.73 bits per heavy atom. The van der Waals surface area contributed by atoms with Crippen LogP contribution in [0.4, 0.5) is 19.0 Å². The van der Waals surface area contributed by atoms with Crippen LogP contribution in [0.25, 0.3) is 32.9 Å². The molecular formula is C34H32F3N5O2. The van der Waals surface area contributed by atoms with Crippen molar-refractivity contribution in [2.75, 3.05) is 24.6 Å². The van der Waals surface area contributed by atoms with E-state index in [0.29, 0.717) is 41.6 Å². The Bertz CT molecular complexity index is 1850. The summed E-state index contributed by atoms with van der Waals surface area (Å²) in [6, 6.07) is 6.12. The van der Waals surface area contributed by atoms with Crippen LogP contribution in [0.3, 0.4) is 0 Å². The minimum absolute atomic E-state index is 0.0179. The van der Waals surface area contributed by atoms with Crippen LogP contribution >= 0.6 is 0 Å². The highest BCUT2D eigenvalue weighted by atomic mass is 19.1. The van der Waals surface area contributed by atoms with Gasteiger partial charge in [-0.1, -0.05) is 24.8 Å². The number of aromatic hydroxyl groups is 1. The van der Waals surface area contributed by atoms with Gasteiger partial charge in [-0.15, -0.1) is 6.42 Å². The van der Waals surface area contributed by atoms with Gasteiger partial charge in [-0.05, 0) is 62.2 Å². The maximum absolute atomic E-state index is 16.8. The van der Waals surface area contributed by atoms with E-state index in [1.165, 1.54) is 24.3 Å². The van der Waals surface area contributed by atoms with Crippen molar-refractivity contribution in [3.05, 3.63) is 47.7 Å². The second-order valence-corrected chi connectivity index (χ2v) is 12.8. The predicted molar refractivity (Wildman–Crippen MR) is 161 cm³/mol. The number of phenols is 1. The lowest BCUT2D eigenvalue weighted by Crippen LogP contribution is -2.55. The molecule has 4 aliphatic rings. The largest absolute Gasteiger partial charge is 0.508 e. The van der Waals surface area contributed by atoms with Gasteiger partial charge in [-0.2, -0.15) is 9.97 Å². The molecule has 2 unspecified atom stereocenters. The van der Waals surface area contributed by atoms with Gasteiger partial charge in [0.2, 0.25) is 0 Å². The number of halogens is 3. The summed E-state index contributed by atoms with van der Waals surface area (Å²) in [7, 11) is 0. The summed E-state index contributed by atoms with van der Waals surface area (Å²) in [5.74, 6) is 1.45. The van der Waals surface area contributed by atoms with Crippen molar-refractivity contribution in [1.82, 2.24) is 19.9 Å². The molecule has 4 saturated heterocycles. The van der Waals surface area contributed by atoms with Gasteiger partial charge in [0, 0.05) is 42.2 Å². The van der Waals surface area contributed by atoms with E-state index in [-0.39, 0.29) is 46.1 Å². The number of ether oxygens (including phenoxy) is 1. The molecule has 4 aliphatic heterocycles. The first-order chi connectivity index (χ1) is 21.3. The molecule has 0 aliphatic carbocycles. The van der Waals surface area contributed by atoms with Gasteiger partial charge in [-0.25, -0.2) is 13.2 Å². The van der Waals surface area contributed by atoms with E-state index in [2.05, 4.69) is 25.7 Å². The van der Waals surface area contributed by atoms with Crippen LogP contribution in [-0.2, 0) is 0 Å². The van der Waals surface area contributed by atoms with E-state index < -0.39 is 23.3 Å². The number of alkyl halides is 1. The Hall–Kier alpha value is -4.10. The summed E-state index contributed by atoms with van der Waals surface area (Å²) in [6.07, 6.45) is 13.9. The second kappa shape index (κ2) is 10.2. The SMILES string of the molecule is C#Cc1c(F)ccc2cc(O)cc(-c3ncc4c(N5C6CCCCC5C6)nc(OC[C@@]56CCCN5C[C@H](F)C6)nc4c3F)c12. The van der Waals surface area contributed by atoms with E-state index in [1.54, 1.807) is 6.20 Å². The molecule has 4 atom stereocenters. The summed E-state index contributed by atoms with van der Waals surface area (Å²) >= 11 is 0. The zero-order chi connectivity index (χ0) is 30.2. The maximum atomic E-state index is 16.8. The summed E-state index contributed by atoms with van der Waals surface area (Å²) < 4.78 is 52.3. The third-order valence-electron chi connectivity index (χ3n) is 10.2. The van der Waals surface area contributed by atoms with E-state index in [1.807, 2.05) is 0 Å². The van der Waals surface area contributed by atoms with Crippen molar-refractivity contribution in [3.63, 3.8) is 0 Å². The monoisotopic (exact) mass is 599 g/mol. The average molecular weight is 600 g/mol. The van der Waals surface area contributed by atoms with E-state index in [9.17, 15) is 13.9 Å². The van der Waals surface area contributed by atoms with Crippen molar-refractivity contribution in [2.45, 2.75) is 75.2 Å². The van der Waals surface area contributed by atoms with Crippen LogP contribution in [0.2, 0.25) is 0 Å². The van der Waals surface area contributed by atoms with Crippen molar-refractivity contribution >= 4 is 27.5 Å². The highest BCUT2D eigenvalue weighted by Gasteiger charge is 2.49. The number of pyridine rings is 1. The van der Waals surface area contributed by atoms with E-state index in [0.717, 1.165) is 51.5 Å². The van der Waals surface area contributed by atoms with Crippen LogP contribution in [-0.4, -0.2) is 68.4 Å². The number of rotatable bonds is 5. The third-order valence-corrected chi connectivity index (χ3v) is 10.2. The fourth-order valence-corrected chi connectivity index (χ4v) is 8.19. The van der Waals surface area contributed by atoms with E-state index >= 15 is 4.39 Å². The molecular weight excluding hydrogens is 567 g/mol. The summed E-state index contributed by atoms with van der Waals surface area (Å²) in [5, 5.41) is 11.7. The minimum atomic E-state index is -0.905. The molecule has 0 spiro atoms. The van der Waals surface area contributed by atoms with Gasteiger partial charge in [-0.3, -0.25) is 9.88 Å². The molecule has 7 nitrogen and oxygen atoms in total. The molecule has 226 valence electrons. The Balaban J connectivity index is 1.29. The topological polar surface area (TPSA) is 74.6 Å². The van der Waals surface area contributed by atoms with Crippen molar-refractivity contribution < 1.29 is 23.0 Å². The number of phenolic OH excluding ortho intramolecular Hbond substituents is 1.